The summed E-state index contributed by atoms with van der Waals surface area (Å²) in [5.41, 5.74) is 1.11. The summed E-state index contributed by atoms with van der Waals surface area (Å²) in [6.45, 7) is 9.58. The van der Waals surface area contributed by atoms with Crippen LogP contribution in [0.25, 0.3) is 0 Å². The minimum absolute atomic E-state index is 0.492. The fourth-order valence-electron chi connectivity index (χ4n) is 2.50. The van der Waals surface area contributed by atoms with Crippen molar-refractivity contribution >= 4 is 15.9 Å². The molecule has 0 nitrogen and oxygen atoms in total. The highest BCUT2D eigenvalue weighted by Crippen LogP contribution is 2.42. The van der Waals surface area contributed by atoms with Crippen LogP contribution in [0.15, 0.2) is 0 Å². The Kier molecular flexibility index (Phi) is 4.08. The maximum Gasteiger partial charge on any atom is 0.00827 e. The van der Waals surface area contributed by atoms with E-state index in [0.29, 0.717) is 10.8 Å². The van der Waals surface area contributed by atoms with E-state index in [0.717, 1.165) is 11.2 Å². The molecule has 84 valence electrons. The largest absolute Gasteiger partial charge is 0.0922 e. The Balaban J connectivity index is 2.36. The third kappa shape index (κ3) is 3.92. The molecular weight excluding hydrogens is 236 g/mol. The molecule has 0 radical (unpaired) electrons. The van der Waals surface area contributed by atoms with E-state index in [1.165, 1.54) is 32.1 Å². The van der Waals surface area contributed by atoms with Crippen LogP contribution in [0.3, 0.4) is 0 Å². The number of rotatable bonds is 3. The molecule has 14 heavy (non-hydrogen) atoms. The minimum Gasteiger partial charge on any atom is -0.0922 e. The fourth-order valence-corrected chi connectivity index (χ4v) is 2.73. The van der Waals surface area contributed by atoms with Crippen LogP contribution in [0.5, 0.6) is 0 Å². The van der Waals surface area contributed by atoms with Gasteiger partial charge in [-0.25, -0.2) is 0 Å². The van der Waals surface area contributed by atoms with Crippen molar-refractivity contribution in [2.75, 3.05) is 5.33 Å². The predicted octanol–water partition coefficient (Wildman–Crippen LogP) is 5.01. The van der Waals surface area contributed by atoms with Crippen LogP contribution in [0, 0.1) is 16.7 Å². The molecule has 1 rings (SSSR count). The zero-order valence-corrected chi connectivity index (χ0v) is 11.8. The van der Waals surface area contributed by atoms with Gasteiger partial charge in [-0.05, 0) is 48.9 Å². The lowest BCUT2D eigenvalue weighted by atomic mass is 9.69. The van der Waals surface area contributed by atoms with Crippen molar-refractivity contribution in [2.24, 2.45) is 16.7 Å². The minimum atomic E-state index is 0.492. The van der Waals surface area contributed by atoms with E-state index < -0.39 is 0 Å². The van der Waals surface area contributed by atoms with Crippen molar-refractivity contribution in [3.05, 3.63) is 0 Å². The Labute approximate surface area is 98.0 Å². The molecule has 1 aliphatic rings. The van der Waals surface area contributed by atoms with Crippen LogP contribution in [0.1, 0.15) is 59.8 Å². The molecule has 0 aromatic carbocycles. The average Bonchev–Trinajstić information content (AvgIpc) is 2.09. The molecule has 0 aromatic rings. The van der Waals surface area contributed by atoms with Gasteiger partial charge >= 0.3 is 0 Å². The molecule has 0 spiro atoms. The Morgan fingerprint density at radius 2 is 1.71 bits per heavy atom. The van der Waals surface area contributed by atoms with Gasteiger partial charge in [0.15, 0.2) is 0 Å². The topological polar surface area (TPSA) is 0 Å². The summed E-state index contributed by atoms with van der Waals surface area (Å²) >= 11 is 3.62. The lowest BCUT2D eigenvalue weighted by Gasteiger charge is -2.37. The fraction of sp³-hybridized carbons (Fsp3) is 1.00. The van der Waals surface area contributed by atoms with E-state index in [-0.39, 0.29) is 0 Å². The van der Waals surface area contributed by atoms with Crippen LogP contribution in [0.2, 0.25) is 0 Å². The van der Waals surface area contributed by atoms with Gasteiger partial charge in [-0.3, -0.25) is 0 Å². The lowest BCUT2D eigenvalue weighted by Crippen LogP contribution is -2.25. The Morgan fingerprint density at radius 1 is 1.21 bits per heavy atom. The summed E-state index contributed by atoms with van der Waals surface area (Å²) < 4.78 is 0. The van der Waals surface area contributed by atoms with E-state index >= 15 is 0 Å². The SMILES string of the molecule is CC1(C)CCC(CC(C)(C)CBr)CC1. The molecule has 0 aromatic heterocycles. The van der Waals surface area contributed by atoms with Crippen molar-refractivity contribution < 1.29 is 0 Å². The molecule has 0 N–H and O–H groups in total. The highest BCUT2D eigenvalue weighted by molar-refractivity contribution is 9.09. The van der Waals surface area contributed by atoms with Gasteiger partial charge in [-0.2, -0.15) is 0 Å². The number of hydrogen-bond acceptors (Lipinski definition) is 0. The van der Waals surface area contributed by atoms with Crippen molar-refractivity contribution in [1.29, 1.82) is 0 Å². The van der Waals surface area contributed by atoms with Crippen molar-refractivity contribution in [2.45, 2.75) is 59.8 Å². The number of hydrogen-bond donors (Lipinski definition) is 0. The third-order valence-electron chi connectivity index (χ3n) is 3.66. The van der Waals surface area contributed by atoms with E-state index in [1.54, 1.807) is 0 Å². The first-order chi connectivity index (χ1) is 6.35. The first-order valence-electron chi connectivity index (χ1n) is 5.91. The molecule has 0 atom stereocenters. The molecule has 0 heterocycles. The second-order valence-electron chi connectivity index (χ2n) is 6.61. The lowest BCUT2D eigenvalue weighted by molar-refractivity contribution is 0.156. The number of alkyl halides is 1. The quantitative estimate of drug-likeness (QED) is 0.626. The van der Waals surface area contributed by atoms with Crippen LogP contribution in [0.4, 0.5) is 0 Å². The Bertz CT molecular complexity index is 172. The summed E-state index contributed by atoms with van der Waals surface area (Å²) in [4.78, 5) is 0. The standard InChI is InChI=1S/C13H25Br/c1-12(2)7-5-11(6-8-12)9-13(3,4)10-14/h11H,5-10H2,1-4H3. The monoisotopic (exact) mass is 260 g/mol. The molecular formula is C13H25Br. The van der Waals surface area contributed by atoms with Gasteiger partial charge in [0.2, 0.25) is 0 Å². The summed E-state index contributed by atoms with van der Waals surface area (Å²) in [5.74, 6) is 0.982. The molecule has 1 aliphatic carbocycles. The molecule has 0 saturated heterocycles. The van der Waals surface area contributed by atoms with Gasteiger partial charge in [0.1, 0.15) is 0 Å². The maximum atomic E-state index is 3.62. The third-order valence-corrected chi connectivity index (χ3v) is 5.18. The molecule has 0 aliphatic heterocycles. The van der Waals surface area contributed by atoms with Crippen molar-refractivity contribution in [3.8, 4) is 0 Å². The molecule has 1 saturated carbocycles. The Hall–Kier alpha value is 0.480. The summed E-state index contributed by atoms with van der Waals surface area (Å²) in [7, 11) is 0. The van der Waals surface area contributed by atoms with E-state index in [9.17, 15) is 0 Å². The van der Waals surface area contributed by atoms with Crippen LogP contribution >= 0.6 is 15.9 Å². The highest BCUT2D eigenvalue weighted by atomic mass is 79.9. The summed E-state index contributed by atoms with van der Waals surface area (Å²) in [6, 6.07) is 0. The van der Waals surface area contributed by atoms with Gasteiger partial charge < -0.3 is 0 Å². The zero-order valence-electron chi connectivity index (χ0n) is 10.2. The predicted molar refractivity (Wildman–Crippen MR) is 67.9 cm³/mol. The second-order valence-corrected chi connectivity index (χ2v) is 7.17. The van der Waals surface area contributed by atoms with Crippen LogP contribution < -0.4 is 0 Å². The van der Waals surface area contributed by atoms with Gasteiger partial charge in [-0.1, -0.05) is 43.6 Å². The van der Waals surface area contributed by atoms with Crippen molar-refractivity contribution in [3.63, 3.8) is 0 Å². The summed E-state index contributed by atoms with van der Waals surface area (Å²) in [5, 5.41) is 1.14. The molecule has 1 fully saturated rings. The van der Waals surface area contributed by atoms with E-state index in [4.69, 9.17) is 0 Å². The van der Waals surface area contributed by atoms with Crippen LogP contribution in [-0.2, 0) is 0 Å². The molecule has 0 bridgehead atoms. The summed E-state index contributed by atoms with van der Waals surface area (Å²) in [6.07, 6.45) is 7.15. The van der Waals surface area contributed by atoms with Gasteiger partial charge in [0.25, 0.3) is 0 Å². The van der Waals surface area contributed by atoms with E-state index in [2.05, 4.69) is 43.6 Å². The van der Waals surface area contributed by atoms with Crippen molar-refractivity contribution in [1.82, 2.24) is 0 Å². The molecule has 0 unspecified atom stereocenters. The normalized spacial score (nSPS) is 23.8. The smallest absolute Gasteiger partial charge is 0.00827 e. The van der Waals surface area contributed by atoms with Crippen LogP contribution in [-0.4, -0.2) is 5.33 Å². The Morgan fingerprint density at radius 3 is 2.14 bits per heavy atom. The zero-order chi connectivity index (χ0) is 10.8. The van der Waals surface area contributed by atoms with Gasteiger partial charge in [-0.15, -0.1) is 0 Å². The average molecular weight is 261 g/mol. The van der Waals surface area contributed by atoms with Gasteiger partial charge in [0, 0.05) is 5.33 Å². The number of halogens is 1. The highest BCUT2D eigenvalue weighted by Gasteiger charge is 2.30. The maximum absolute atomic E-state index is 3.62. The molecule has 0 amide bonds. The molecule has 1 heteroatoms. The van der Waals surface area contributed by atoms with E-state index in [1.807, 2.05) is 0 Å². The first-order valence-corrected chi connectivity index (χ1v) is 7.03. The van der Waals surface area contributed by atoms with Gasteiger partial charge in [0.05, 0.1) is 0 Å². The first kappa shape index (κ1) is 12.5. The second kappa shape index (κ2) is 4.55.